The molecule has 700 valence electrons. The molecule has 0 atom stereocenters. The van der Waals surface area contributed by atoms with Crippen LogP contribution in [0.2, 0.25) is 0 Å². The summed E-state index contributed by atoms with van der Waals surface area (Å²) in [5.41, 5.74) is 31.3. The van der Waals surface area contributed by atoms with E-state index in [4.69, 9.17) is 71.4 Å². The van der Waals surface area contributed by atoms with E-state index in [-0.39, 0.29) is 0 Å². The van der Waals surface area contributed by atoms with Gasteiger partial charge in [-0.2, -0.15) is 0 Å². The Morgan fingerprint density at radius 2 is 0.373 bits per heavy atom. The van der Waals surface area contributed by atoms with Gasteiger partial charge < -0.3 is 26.5 Å². The van der Waals surface area contributed by atoms with Gasteiger partial charge in [0.05, 0.1) is 67.4 Å². The number of rotatable bonds is 13. The molecule has 31 aromatic rings. The first-order valence-electron chi connectivity index (χ1n) is 49.9. The van der Waals surface area contributed by atoms with E-state index in [2.05, 4.69) is 297 Å². The molecule has 12 aromatic heterocycles. The average molecular weight is 1920 g/mol. The maximum Gasteiger partial charge on any atom is 0.228 e. The Balaban J connectivity index is 0.000000106. The van der Waals surface area contributed by atoms with Crippen molar-refractivity contribution in [3.05, 3.63) is 479 Å². The van der Waals surface area contributed by atoms with Crippen molar-refractivity contribution in [2.24, 2.45) is 0 Å². The predicted octanol–water partition coefficient (Wildman–Crippen LogP) is 36.1. The van der Waals surface area contributed by atoms with Crippen molar-refractivity contribution >= 4 is 164 Å². The second-order valence-corrected chi connectivity index (χ2v) is 37.5. The second kappa shape index (κ2) is 35.8. The molecule has 0 bridgehead atoms. The quantitative estimate of drug-likeness (QED) is 0.106. The van der Waals surface area contributed by atoms with Crippen LogP contribution in [-0.2, 0) is 0 Å². The minimum atomic E-state index is 0.637. The molecule has 0 aliphatic carbocycles. The first-order chi connectivity index (χ1) is 74.3. The van der Waals surface area contributed by atoms with Crippen LogP contribution < -0.4 is 0 Å². The number of benzene rings is 19. The van der Waals surface area contributed by atoms with Crippen molar-refractivity contribution in [2.75, 3.05) is 0 Å². The molecule has 12 heterocycles. The van der Waals surface area contributed by atoms with E-state index in [1.807, 2.05) is 182 Å². The van der Waals surface area contributed by atoms with Crippen LogP contribution in [0, 0.1) is 0 Å². The first-order valence-corrected chi connectivity index (χ1v) is 49.9. The Hall–Kier alpha value is -20.6. The third kappa shape index (κ3) is 15.0. The number of hydrogen-bond acceptors (Lipinski definition) is 15. The van der Waals surface area contributed by atoms with E-state index in [9.17, 15) is 0 Å². The zero-order chi connectivity index (χ0) is 98.8. The SMILES string of the molecule is c1ccc(-c2cc(-c3ccc(-c4cccc5c4oc4ccccc45)cc3)nc(-c3ccc(-c4nc5oc6ccccc6c5c5ccccc45)cc3)n2)cc1.c1ccc(-c2cc(-c3ccc(-c4nc5oc6ccccc6c5c5ccccc45)cc3)nc(-c3cccc4oc5ccccc5c34)n2)cc1.c1ccc(-c2cc(-c3cccc4oc5ccccc5c34)nc(-c3ccc(-c4nc5oc6ccccc6c5c5ccccc45)cc3)n2)cc1. The smallest absolute Gasteiger partial charge is 0.228 e. The maximum atomic E-state index is 6.34. The molecular formula is C135H79N9O6. The number of aromatic nitrogens is 9. The monoisotopic (exact) mass is 1920 g/mol. The normalized spacial score (nSPS) is 11.7. The molecule has 0 fully saturated rings. The standard InChI is InChI=1S/C49H29N3O2.2C43H25N3O2/c1-2-11-31(12-3-1)41-29-42(32-23-21-30(22-24-32)35-17-10-18-39-36-13-6-8-19-43(36)53-47(35)39)51-48(50-41)34-27-25-33(26-28-34)46-38-15-5-4-14-37(38)45-40-16-7-9-20-44(40)54-49(45)52-46;1-2-11-26(12-3-1)34-25-35(31-17-10-20-38-39(31)32-15-6-8-18-36(32)47-38)45-42(44-34)28-23-21-27(22-24-28)41-30-14-5-4-13-29(30)40-33-16-7-9-19-37(33)48-43(40)46-41;1-2-11-26(12-3-1)34-25-35(45-42(44-34)33-17-10-20-38-39(33)31-15-6-8-18-36(31)47-38)27-21-23-28(24-22-27)41-30-14-5-4-13-29(30)40-32-16-7-9-19-37(32)48-43(40)46-41/h1-29H;2*1-25H. The summed E-state index contributed by atoms with van der Waals surface area (Å²) in [5.74, 6) is 1.95. The molecule has 0 amide bonds. The summed E-state index contributed by atoms with van der Waals surface area (Å²) in [7, 11) is 0. The maximum absolute atomic E-state index is 6.34. The molecule has 0 saturated heterocycles. The van der Waals surface area contributed by atoms with E-state index >= 15 is 0 Å². The van der Waals surface area contributed by atoms with Gasteiger partial charge in [-0.3, -0.25) is 0 Å². The number of pyridine rings is 3. The zero-order valence-electron chi connectivity index (χ0n) is 80.1. The van der Waals surface area contributed by atoms with Gasteiger partial charge in [-0.1, -0.05) is 413 Å². The molecule has 0 radical (unpaired) electrons. The largest absolute Gasteiger partial charge is 0.456 e. The van der Waals surface area contributed by atoms with Crippen molar-refractivity contribution in [3.8, 4) is 147 Å². The molecule has 0 aliphatic heterocycles. The highest BCUT2D eigenvalue weighted by Gasteiger charge is 2.26. The lowest BCUT2D eigenvalue weighted by atomic mass is 9.99. The topological polar surface area (TPSA) is 195 Å². The van der Waals surface area contributed by atoms with Gasteiger partial charge in [0.25, 0.3) is 0 Å². The van der Waals surface area contributed by atoms with Crippen LogP contribution >= 0.6 is 0 Å². The van der Waals surface area contributed by atoms with E-state index in [1.54, 1.807) is 0 Å². The number of fused-ring (bicyclic) bond motifs is 24. The molecule has 0 aliphatic rings. The zero-order valence-corrected chi connectivity index (χ0v) is 80.1. The first kappa shape index (κ1) is 86.2. The van der Waals surface area contributed by atoms with E-state index in [0.717, 1.165) is 276 Å². The van der Waals surface area contributed by atoms with Crippen LogP contribution in [0.25, 0.3) is 311 Å². The van der Waals surface area contributed by atoms with Crippen molar-refractivity contribution in [2.45, 2.75) is 0 Å². The van der Waals surface area contributed by atoms with Gasteiger partial charge in [-0.05, 0) is 88.5 Å². The summed E-state index contributed by atoms with van der Waals surface area (Å²) in [5, 5.41) is 19.4. The summed E-state index contributed by atoms with van der Waals surface area (Å²) in [6.45, 7) is 0. The lowest BCUT2D eigenvalue weighted by Crippen LogP contribution is -1.96. The van der Waals surface area contributed by atoms with Crippen molar-refractivity contribution in [3.63, 3.8) is 0 Å². The minimum absolute atomic E-state index is 0.637. The highest BCUT2D eigenvalue weighted by Crippen LogP contribution is 2.48. The molecule has 31 rings (SSSR count). The number of furan rings is 6. The van der Waals surface area contributed by atoms with Crippen LogP contribution in [0.4, 0.5) is 0 Å². The summed E-state index contributed by atoms with van der Waals surface area (Å²) < 4.78 is 37.5. The Morgan fingerprint density at radius 1 is 0.127 bits per heavy atom. The highest BCUT2D eigenvalue weighted by atomic mass is 16.4. The summed E-state index contributed by atoms with van der Waals surface area (Å²) in [4.78, 5) is 46.0. The third-order valence-corrected chi connectivity index (χ3v) is 28.6. The van der Waals surface area contributed by atoms with Crippen LogP contribution in [0.1, 0.15) is 0 Å². The minimum Gasteiger partial charge on any atom is -0.456 e. The van der Waals surface area contributed by atoms with E-state index in [0.29, 0.717) is 34.6 Å². The number of para-hydroxylation sites is 7. The summed E-state index contributed by atoms with van der Waals surface area (Å²) >= 11 is 0. The Labute approximate surface area is 855 Å². The molecule has 15 nitrogen and oxygen atoms in total. The fraction of sp³-hybridized carbons (Fsp3) is 0. The van der Waals surface area contributed by atoms with Gasteiger partial charge in [-0.25, -0.2) is 44.9 Å². The van der Waals surface area contributed by atoms with Gasteiger partial charge >= 0.3 is 0 Å². The molecule has 0 unspecified atom stereocenters. The fourth-order valence-corrected chi connectivity index (χ4v) is 21.5. The van der Waals surface area contributed by atoms with Crippen molar-refractivity contribution in [1.82, 2.24) is 44.9 Å². The molecule has 150 heavy (non-hydrogen) atoms. The Morgan fingerprint density at radius 3 is 0.760 bits per heavy atom. The van der Waals surface area contributed by atoms with Gasteiger partial charge in [0.2, 0.25) is 17.1 Å². The molecule has 19 aromatic carbocycles. The lowest BCUT2D eigenvalue weighted by molar-refractivity contribution is 0.654. The Bertz CT molecular complexity index is 10400. The van der Waals surface area contributed by atoms with E-state index in [1.165, 1.54) is 0 Å². The van der Waals surface area contributed by atoms with Crippen molar-refractivity contribution < 1.29 is 26.5 Å². The van der Waals surface area contributed by atoms with Crippen LogP contribution in [0.3, 0.4) is 0 Å². The molecule has 0 saturated carbocycles. The van der Waals surface area contributed by atoms with Crippen LogP contribution in [-0.4, -0.2) is 44.9 Å². The summed E-state index contributed by atoms with van der Waals surface area (Å²) in [6.07, 6.45) is 0. The van der Waals surface area contributed by atoms with Crippen molar-refractivity contribution in [1.29, 1.82) is 0 Å². The molecule has 15 heteroatoms. The Kier molecular flexibility index (Phi) is 20.6. The molecular weight excluding hydrogens is 1840 g/mol. The average Bonchev–Trinajstić information content (AvgIpc) is 1.59. The van der Waals surface area contributed by atoms with E-state index < -0.39 is 0 Å². The molecule has 0 spiro atoms. The summed E-state index contributed by atoms with van der Waals surface area (Å²) in [6, 6.07) is 163. The van der Waals surface area contributed by atoms with Crippen LogP contribution in [0.15, 0.2) is 506 Å². The second-order valence-electron chi connectivity index (χ2n) is 37.5. The predicted molar refractivity (Wildman–Crippen MR) is 606 cm³/mol. The molecule has 0 N–H and O–H groups in total. The van der Waals surface area contributed by atoms with Gasteiger partial charge in [0.15, 0.2) is 17.5 Å². The third-order valence-electron chi connectivity index (χ3n) is 28.6. The lowest BCUT2D eigenvalue weighted by Gasteiger charge is -2.11. The fourth-order valence-electron chi connectivity index (χ4n) is 21.5. The van der Waals surface area contributed by atoms with Gasteiger partial charge in [0, 0.05) is 137 Å². The number of nitrogens with zero attached hydrogens (tertiary/aromatic N) is 9. The van der Waals surface area contributed by atoms with Gasteiger partial charge in [0.1, 0.15) is 50.2 Å². The highest BCUT2D eigenvalue weighted by molar-refractivity contribution is 6.24. The number of hydrogen-bond donors (Lipinski definition) is 0. The van der Waals surface area contributed by atoms with Gasteiger partial charge in [-0.15, -0.1) is 0 Å². The van der Waals surface area contributed by atoms with Crippen LogP contribution in [0.5, 0.6) is 0 Å².